The van der Waals surface area contributed by atoms with Crippen molar-refractivity contribution in [1.29, 1.82) is 5.41 Å². The summed E-state index contributed by atoms with van der Waals surface area (Å²) < 4.78 is 0. The monoisotopic (exact) mass is 196 g/mol. The third kappa shape index (κ3) is 3.11. The zero-order valence-electron chi connectivity index (χ0n) is 8.40. The smallest absolute Gasteiger partial charge is 0.106 e. The molecule has 0 aliphatic rings. The Kier molecular flexibility index (Phi) is 5.23. The third-order valence-electron chi connectivity index (χ3n) is 1.85. The lowest BCUT2D eigenvalue weighted by molar-refractivity contribution is 1.11. The van der Waals surface area contributed by atoms with E-state index in [-0.39, 0.29) is 0 Å². The Bertz CT molecular complexity index is 246. The molecule has 0 aromatic rings. The summed E-state index contributed by atoms with van der Waals surface area (Å²) >= 11 is 5.13. The molecule has 0 radical (unpaired) electrons. The molecule has 0 atom stereocenters. The van der Waals surface area contributed by atoms with Crippen LogP contribution in [0, 0.1) is 5.41 Å². The van der Waals surface area contributed by atoms with Crippen molar-refractivity contribution in [2.75, 3.05) is 7.05 Å². The number of hydrogen-bond donors (Lipinski definition) is 2. The predicted octanol–water partition coefficient (Wildman–Crippen LogP) is 2.47. The first-order valence-electron chi connectivity index (χ1n) is 4.20. The lowest BCUT2D eigenvalue weighted by Crippen LogP contribution is -2.20. The predicted molar refractivity (Wildman–Crippen MR) is 62.6 cm³/mol. The summed E-state index contributed by atoms with van der Waals surface area (Å²) in [4.78, 5) is 0.660. The summed E-state index contributed by atoms with van der Waals surface area (Å²) in [6, 6.07) is 0. The molecule has 0 fully saturated rings. The standard InChI is InChI=1S/C10H16N2S/c1-5-7(2)9(8(3)6-11)10(13)12-4/h6,11H,2,5H2,1,3-4H3,(H,12,13)/b9-8-,11-6?. The highest BCUT2D eigenvalue weighted by atomic mass is 32.1. The highest BCUT2D eigenvalue weighted by Gasteiger charge is 2.08. The minimum Gasteiger partial charge on any atom is -0.379 e. The minimum atomic E-state index is 0.660. The molecule has 0 heterocycles. The molecule has 0 spiro atoms. The van der Waals surface area contributed by atoms with E-state index in [4.69, 9.17) is 17.6 Å². The van der Waals surface area contributed by atoms with E-state index in [2.05, 4.69) is 11.9 Å². The number of thiocarbonyl (C=S) groups is 1. The van der Waals surface area contributed by atoms with Crippen LogP contribution in [0.15, 0.2) is 23.3 Å². The van der Waals surface area contributed by atoms with E-state index < -0.39 is 0 Å². The van der Waals surface area contributed by atoms with Gasteiger partial charge in [0.05, 0.1) is 0 Å². The number of hydrogen-bond acceptors (Lipinski definition) is 2. The molecule has 0 rings (SSSR count). The van der Waals surface area contributed by atoms with Gasteiger partial charge >= 0.3 is 0 Å². The molecule has 0 bridgehead atoms. The molecule has 13 heavy (non-hydrogen) atoms. The number of allylic oxidation sites excluding steroid dienone is 1. The van der Waals surface area contributed by atoms with Gasteiger partial charge in [0.15, 0.2) is 0 Å². The molecule has 0 saturated heterocycles. The second-order valence-corrected chi connectivity index (χ2v) is 3.15. The van der Waals surface area contributed by atoms with Gasteiger partial charge in [0.1, 0.15) is 4.99 Å². The van der Waals surface area contributed by atoms with Crippen molar-refractivity contribution in [3.63, 3.8) is 0 Å². The van der Waals surface area contributed by atoms with Crippen molar-refractivity contribution in [1.82, 2.24) is 5.32 Å². The van der Waals surface area contributed by atoms with Gasteiger partial charge in [-0.3, -0.25) is 0 Å². The minimum absolute atomic E-state index is 0.660. The Morgan fingerprint density at radius 3 is 2.46 bits per heavy atom. The topological polar surface area (TPSA) is 35.9 Å². The molecule has 2 nitrogen and oxygen atoms in total. The Morgan fingerprint density at radius 1 is 1.62 bits per heavy atom. The van der Waals surface area contributed by atoms with Gasteiger partial charge < -0.3 is 10.7 Å². The fourth-order valence-electron chi connectivity index (χ4n) is 0.992. The van der Waals surface area contributed by atoms with Crippen molar-refractivity contribution in [3.05, 3.63) is 23.3 Å². The first-order valence-corrected chi connectivity index (χ1v) is 4.60. The summed E-state index contributed by atoms with van der Waals surface area (Å²) in [6.07, 6.45) is 2.15. The molecular weight excluding hydrogens is 180 g/mol. The molecule has 0 aliphatic heterocycles. The number of likely N-dealkylation sites (N-methyl/N-ethyl adjacent to an activating group) is 1. The van der Waals surface area contributed by atoms with Crippen molar-refractivity contribution < 1.29 is 0 Å². The fourth-order valence-corrected chi connectivity index (χ4v) is 1.30. The summed E-state index contributed by atoms with van der Waals surface area (Å²) in [7, 11) is 1.78. The van der Waals surface area contributed by atoms with E-state index >= 15 is 0 Å². The van der Waals surface area contributed by atoms with Crippen LogP contribution in [-0.2, 0) is 0 Å². The first kappa shape index (κ1) is 12.0. The summed E-state index contributed by atoms with van der Waals surface area (Å²) in [6.45, 7) is 7.82. The van der Waals surface area contributed by atoms with Gasteiger partial charge in [-0.25, -0.2) is 0 Å². The number of rotatable bonds is 4. The van der Waals surface area contributed by atoms with E-state index in [1.165, 1.54) is 6.21 Å². The number of nitrogens with one attached hydrogen (secondary N) is 2. The van der Waals surface area contributed by atoms with Crippen LogP contribution in [0.4, 0.5) is 0 Å². The molecule has 0 amide bonds. The van der Waals surface area contributed by atoms with Gasteiger partial charge in [-0.1, -0.05) is 25.7 Å². The van der Waals surface area contributed by atoms with Crippen LogP contribution >= 0.6 is 12.2 Å². The summed E-state index contributed by atoms with van der Waals surface area (Å²) in [5.74, 6) is 0. The lowest BCUT2D eigenvalue weighted by Gasteiger charge is -2.12. The van der Waals surface area contributed by atoms with Crippen LogP contribution in [0.3, 0.4) is 0 Å². The Morgan fingerprint density at radius 2 is 2.15 bits per heavy atom. The summed E-state index contributed by atoms with van der Waals surface area (Å²) in [5.41, 5.74) is 2.72. The van der Waals surface area contributed by atoms with Crippen molar-refractivity contribution in [2.45, 2.75) is 20.3 Å². The van der Waals surface area contributed by atoms with Crippen LogP contribution in [0.25, 0.3) is 0 Å². The molecule has 0 saturated carbocycles. The van der Waals surface area contributed by atoms with E-state index in [9.17, 15) is 0 Å². The van der Waals surface area contributed by atoms with E-state index in [0.717, 1.165) is 23.1 Å². The normalized spacial score (nSPS) is 11.6. The third-order valence-corrected chi connectivity index (χ3v) is 2.25. The molecule has 0 aromatic heterocycles. The molecular formula is C10H16N2S. The highest BCUT2D eigenvalue weighted by molar-refractivity contribution is 7.80. The maximum absolute atomic E-state index is 7.16. The molecule has 0 unspecified atom stereocenters. The van der Waals surface area contributed by atoms with Gasteiger partial charge in [-0.2, -0.15) is 0 Å². The zero-order chi connectivity index (χ0) is 10.4. The fraction of sp³-hybridized carbons (Fsp3) is 0.400. The second kappa shape index (κ2) is 5.65. The SMILES string of the molecule is C=C(CC)/C(C(=S)NC)=C(\C)C=N. The van der Waals surface area contributed by atoms with Crippen molar-refractivity contribution in [3.8, 4) is 0 Å². The van der Waals surface area contributed by atoms with Crippen LogP contribution in [0.5, 0.6) is 0 Å². The van der Waals surface area contributed by atoms with Gasteiger partial charge in [0.2, 0.25) is 0 Å². The van der Waals surface area contributed by atoms with Crippen LogP contribution in [-0.4, -0.2) is 18.3 Å². The van der Waals surface area contributed by atoms with Gasteiger partial charge in [-0.15, -0.1) is 0 Å². The first-order chi connectivity index (χ1) is 6.08. The summed E-state index contributed by atoms with van der Waals surface area (Å²) in [5, 5.41) is 10.1. The average Bonchev–Trinajstić information content (AvgIpc) is 2.16. The Hall–Kier alpha value is -0.960. The molecule has 0 aromatic carbocycles. The molecule has 72 valence electrons. The van der Waals surface area contributed by atoms with Gasteiger partial charge in [0, 0.05) is 18.8 Å². The van der Waals surface area contributed by atoms with Crippen LogP contribution in [0.2, 0.25) is 0 Å². The maximum Gasteiger partial charge on any atom is 0.106 e. The maximum atomic E-state index is 7.16. The van der Waals surface area contributed by atoms with Crippen LogP contribution in [0.1, 0.15) is 20.3 Å². The Labute approximate surface area is 85.2 Å². The molecule has 0 aliphatic carbocycles. The molecule has 3 heteroatoms. The van der Waals surface area contributed by atoms with Crippen molar-refractivity contribution in [2.24, 2.45) is 0 Å². The van der Waals surface area contributed by atoms with Gasteiger partial charge in [0.25, 0.3) is 0 Å². The average molecular weight is 196 g/mol. The van der Waals surface area contributed by atoms with Gasteiger partial charge in [-0.05, 0) is 24.5 Å². The highest BCUT2D eigenvalue weighted by Crippen LogP contribution is 2.16. The largest absolute Gasteiger partial charge is 0.379 e. The van der Waals surface area contributed by atoms with Crippen LogP contribution < -0.4 is 5.32 Å². The lowest BCUT2D eigenvalue weighted by atomic mass is 10.0. The molecule has 2 N–H and O–H groups in total. The second-order valence-electron chi connectivity index (χ2n) is 2.74. The van der Waals surface area contributed by atoms with E-state index in [1.807, 2.05) is 13.8 Å². The van der Waals surface area contributed by atoms with E-state index in [0.29, 0.717) is 4.99 Å². The van der Waals surface area contributed by atoms with E-state index in [1.54, 1.807) is 7.05 Å². The van der Waals surface area contributed by atoms with Crippen molar-refractivity contribution >= 4 is 23.4 Å². The quantitative estimate of drug-likeness (QED) is 0.313. The Balaban J connectivity index is 5.09. The zero-order valence-corrected chi connectivity index (χ0v) is 9.22.